The van der Waals surface area contributed by atoms with Gasteiger partial charge in [0.05, 0.1) is 0 Å². The number of benzene rings is 1. The van der Waals surface area contributed by atoms with E-state index in [1.807, 2.05) is 0 Å². The SMILES string of the molecule is CC(C)(C)c1cccc(C2CCCC2)c1. The predicted octanol–water partition coefficient (Wildman–Crippen LogP) is 4.64. The molecule has 0 amide bonds. The molecule has 0 nitrogen and oxygen atoms in total. The third-order valence-electron chi connectivity index (χ3n) is 3.58. The summed E-state index contributed by atoms with van der Waals surface area (Å²) in [4.78, 5) is 0. The topological polar surface area (TPSA) is 0 Å². The summed E-state index contributed by atoms with van der Waals surface area (Å²) in [7, 11) is 0. The molecular weight excluding hydrogens is 180 g/mol. The first-order chi connectivity index (χ1) is 7.07. The van der Waals surface area contributed by atoms with Crippen molar-refractivity contribution in [2.45, 2.75) is 57.8 Å². The van der Waals surface area contributed by atoms with Crippen LogP contribution in [0.1, 0.15) is 63.5 Å². The van der Waals surface area contributed by atoms with Crippen LogP contribution in [0.25, 0.3) is 0 Å². The minimum atomic E-state index is 0.286. The molecule has 15 heavy (non-hydrogen) atoms. The molecule has 0 saturated heterocycles. The van der Waals surface area contributed by atoms with Crippen molar-refractivity contribution in [2.75, 3.05) is 0 Å². The van der Waals surface area contributed by atoms with Gasteiger partial charge >= 0.3 is 0 Å². The molecular formula is C15H22. The highest BCUT2D eigenvalue weighted by Crippen LogP contribution is 2.35. The lowest BCUT2D eigenvalue weighted by Gasteiger charge is -2.21. The molecule has 0 aromatic heterocycles. The smallest absolute Gasteiger partial charge is 0.0132 e. The summed E-state index contributed by atoms with van der Waals surface area (Å²) in [6, 6.07) is 9.23. The first-order valence-electron chi connectivity index (χ1n) is 6.18. The Hall–Kier alpha value is -0.780. The van der Waals surface area contributed by atoms with E-state index in [0.717, 1.165) is 5.92 Å². The van der Waals surface area contributed by atoms with Crippen molar-refractivity contribution in [3.63, 3.8) is 0 Å². The molecule has 1 aliphatic carbocycles. The second kappa shape index (κ2) is 4.00. The van der Waals surface area contributed by atoms with Gasteiger partial charge in [0.1, 0.15) is 0 Å². The highest BCUT2D eigenvalue weighted by atomic mass is 14.2. The number of hydrogen-bond donors (Lipinski definition) is 0. The largest absolute Gasteiger partial charge is 0.0617 e. The molecule has 0 bridgehead atoms. The molecule has 0 heteroatoms. The molecule has 0 N–H and O–H groups in total. The average Bonchev–Trinajstić information content (AvgIpc) is 2.69. The van der Waals surface area contributed by atoms with Gasteiger partial charge in [0.2, 0.25) is 0 Å². The molecule has 1 aromatic carbocycles. The molecule has 0 atom stereocenters. The normalized spacial score (nSPS) is 18.3. The molecule has 0 unspecified atom stereocenters. The van der Waals surface area contributed by atoms with Crippen molar-refractivity contribution in [3.05, 3.63) is 35.4 Å². The van der Waals surface area contributed by atoms with Gasteiger partial charge in [-0.2, -0.15) is 0 Å². The molecule has 0 aliphatic heterocycles. The molecule has 1 aliphatic rings. The fourth-order valence-corrected chi connectivity index (χ4v) is 2.52. The minimum Gasteiger partial charge on any atom is -0.0617 e. The van der Waals surface area contributed by atoms with Gasteiger partial charge in [0.15, 0.2) is 0 Å². The van der Waals surface area contributed by atoms with E-state index in [9.17, 15) is 0 Å². The molecule has 1 saturated carbocycles. The highest BCUT2D eigenvalue weighted by Gasteiger charge is 2.19. The monoisotopic (exact) mass is 202 g/mol. The van der Waals surface area contributed by atoms with Crippen LogP contribution < -0.4 is 0 Å². The van der Waals surface area contributed by atoms with Gasteiger partial charge in [-0.1, -0.05) is 57.9 Å². The maximum absolute atomic E-state index is 2.43. The van der Waals surface area contributed by atoms with Crippen molar-refractivity contribution < 1.29 is 0 Å². The van der Waals surface area contributed by atoms with E-state index >= 15 is 0 Å². The van der Waals surface area contributed by atoms with Crippen molar-refractivity contribution in [2.24, 2.45) is 0 Å². The maximum Gasteiger partial charge on any atom is -0.0132 e. The number of rotatable bonds is 1. The lowest BCUT2D eigenvalue weighted by atomic mass is 9.84. The zero-order valence-corrected chi connectivity index (χ0v) is 10.2. The lowest BCUT2D eigenvalue weighted by molar-refractivity contribution is 0.587. The van der Waals surface area contributed by atoms with Gasteiger partial charge in [0.25, 0.3) is 0 Å². The predicted molar refractivity (Wildman–Crippen MR) is 66.4 cm³/mol. The summed E-state index contributed by atoms with van der Waals surface area (Å²) in [5.74, 6) is 0.840. The van der Waals surface area contributed by atoms with Crippen LogP contribution in [-0.2, 0) is 5.41 Å². The zero-order chi connectivity index (χ0) is 10.9. The Morgan fingerprint density at radius 3 is 2.33 bits per heavy atom. The second-order valence-corrected chi connectivity index (χ2v) is 5.86. The van der Waals surface area contributed by atoms with E-state index in [2.05, 4.69) is 45.0 Å². The molecule has 0 heterocycles. The van der Waals surface area contributed by atoms with Crippen molar-refractivity contribution >= 4 is 0 Å². The molecule has 0 spiro atoms. The van der Waals surface area contributed by atoms with Gasteiger partial charge in [-0.05, 0) is 35.3 Å². The van der Waals surface area contributed by atoms with Crippen LogP contribution in [0.15, 0.2) is 24.3 Å². The Morgan fingerprint density at radius 2 is 1.73 bits per heavy atom. The zero-order valence-electron chi connectivity index (χ0n) is 10.2. The van der Waals surface area contributed by atoms with Crippen molar-refractivity contribution in [1.82, 2.24) is 0 Å². The average molecular weight is 202 g/mol. The molecule has 1 fully saturated rings. The van der Waals surface area contributed by atoms with Gasteiger partial charge in [-0.3, -0.25) is 0 Å². The van der Waals surface area contributed by atoms with E-state index in [-0.39, 0.29) is 5.41 Å². The first kappa shape index (κ1) is 10.7. The van der Waals surface area contributed by atoms with Crippen LogP contribution in [0.3, 0.4) is 0 Å². The van der Waals surface area contributed by atoms with Crippen LogP contribution in [0, 0.1) is 0 Å². The highest BCUT2D eigenvalue weighted by molar-refractivity contribution is 5.31. The third kappa shape index (κ3) is 2.42. The summed E-state index contributed by atoms with van der Waals surface area (Å²) >= 11 is 0. The van der Waals surface area contributed by atoms with Gasteiger partial charge in [0, 0.05) is 0 Å². The van der Waals surface area contributed by atoms with E-state index in [0.29, 0.717) is 0 Å². The van der Waals surface area contributed by atoms with Crippen LogP contribution in [-0.4, -0.2) is 0 Å². The van der Waals surface area contributed by atoms with Gasteiger partial charge in [-0.15, -0.1) is 0 Å². The Morgan fingerprint density at radius 1 is 1.07 bits per heavy atom. The van der Waals surface area contributed by atoms with Crippen LogP contribution in [0.5, 0.6) is 0 Å². The van der Waals surface area contributed by atoms with Crippen LogP contribution in [0.2, 0.25) is 0 Å². The quantitative estimate of drug-likeness (QED) is 0.622. The summed E-state index contributed by atoms with van der Waals surface area (Å²) in [6.07, 6.45) is 5.63. The first-order valence-corrected chi connectivity index (χ1v) is 6.18. The Labute approximate surface area is 93.7 Å². The van der Waals surface area contributed by atoms with Crippen molar-refractivity contribution in [1.29, 1.82) is 0 Å². The lowest BCUT2D eigenvalue weighted by Crippen LogP contribution is -2.11. The summed E-state index contributed by atoms with van der Waals surface area (Å²) in [5, 5.41) is 0. The molecule has 1 aromatic rings. The second-order valence-electron chi connectivity index (χ2n) is 5.86. The Bertz CT molecular complexity index is 324. The van der Waals surface area contributed by atoms with Crippen molar-refractivity contribution in [3.8, 4) is 0 Å². The summed E-state index contributed by atoms with van der Waals surface area (Å²) in [6.45, 7) is 6.88. The van der Waals surface area contributed by atoms with Crippen LogP contribution in [0.4, 0.5) is 0 Å². The Balaban J connectivity index is 2.26. The maximum atomic E-state index is 2.43. The molecule has 82 valence electrons. The van der Waals surface area contributed by atoms with E-state index in [1.165, 1.54) is 31.2 Å². The molecule has 2 rings (SSSR count). The van der Waals surface area contributed by atoms with E-state index in [4.69, 9.17) is 0 Å². The van der Waals surface area contributed by atoms with E-state index in [1.54, 1.807) is 5.56 Å². The fourth-order valence-electron chi connectivity index (χ4n) is 2.52. The summed E-state index contributed by atoms with van der Waals surface area (Å²) < 4.78 is 0. The Kier molecular flexibility index (Phi) is 2.86. The third-order valence-corrected chi connectivity index (χ3v) is 3.58. The van der Waals surface area contributed by atoms with Crippen LogP contribution >= 0.6 is 0 Å². The number of hydrogen-bond acceptors (Lipinski definition) is 0. The molecule has 0 radical (unpaired) electrons. The summed E-state index contributed by atoms with van der Waals surface area (Å²) in [5.41, 5.74) is 3.33. The standard InChI is InChI=1S/C15H22/c1-15(2,3)14-10-6-9-13(11-14)12-7-4-5-8-12/h6,9-12H,4-5,7-8H2,1-3H3. The van der Waals surface area contributed by atoms with Gasteiger partial charge < -0.3 is 0 Å². The van der Waals surface area contributed by atoms with E-state index < -0.39 is 0 Å². The fraction of sp³-hybridized carbons (Fsp3) is 0.600. The minimum absolute atomic E-state index is 0.286. The van der Waals surface area contributed by atoms with Gasteiger partial charge in [-0.25, -0.2) is 0 Å².